The lowest BCUT2D eigenvalue weighted by Crippen LogP contribution is -2.25. The second-order valence-corrected chi connectivity index (χ2v) is 5.97. The molecule has 3 rings (SSSR count). The van der Waals surface area contributed by atoms with E-state index in [2.05, 4.69) is 27.3 Å². The number of hydrogen-bond donors (Lipinski definition) is 1. The van der Waals surface area contributed by atoms with Crippen LogP contribution in [0.4, 0.5) is 5.82 Å². The third-order valence-corrected chi connectivity index (χ3v) is 3.93. The van der Waals surface area contributed by atoms with Gasteiger partial charge >= 0.3 is 0 Å². The molecular weight excluding hydrogens is 340 g/mol. The SMILES string of the molecule is CN(Cc1nccn1Cc1ccccc1)c1nnc(Cl)cc1C(N)=O. The Morgan fingerprint density at radius 1 is 1.28 bits per heavy atom. The molecule has 2 heterocycles. The van der Waals surface area contributed by atoms with Crippen molar-refractivity contribution in [2.24, 2.45) is 5.73 Å². The Bertz CT molecular complexity index is 880. The summed E-state index contributed by atoms with van der Waals surface area (Å²) in [5.41, 5.74) is 6.81. The van der Waals surface area contributed by atoms with Crippen molar-refractivity contribution in [2.45, 2.75) is 13.1 Å². The highest BCUT2D eigenvalue weighted by molar-refractivity contribution is 6.29. The van der Waals surface area contributed by atoms with Crippen molar-refractivity contribution >= 4 is 23.3 Å². The van der Waals surface area contributed by atoms with Crippen LogP contribution in [0.5, 0.6) is 0 Å². The summed E-state index contributed by atoms with van der Waals surface area (Å²) < 4.78 is 2.04. The Morgan fingerprint density at radius 2 is 2.04 bits per heavy atom. The molecule has 0 fully saturated rings. The minimum Gasteiger partial charge on any atom is -0.365 e. The van der Waals surface area contributed by atoms with E-state index in [1.165, 1.54) is 11.6 Å². The fourth-order valence-electron chi connectivity index (χ4n) is 2.53. The van der Waals surface area contributed by atoms with Crippen LogP contribution in [0.1, 0.15) is 21.7 Å². The summed E-state index contributed by atoms with van der Waals surface area (Å²) >= 11 is 5.81. The molecule has 3 aromatic rings. The van der Waals surface area contributed by atoms with Crippen LogP contribution in [0.15, 0.2) is 48.8 Å². The van der Waals surface area contributed by atoms with Gasteiger partial charge < -0.3 is 15.2 Å². The van der Waals surface area contributed by atoms with Gasteiger partial charge in [-0.2, -0.15) is 0 Å². The van der Waals surface area contributed by atoms with Gasteiger partial charge in [-0.15, -0.1) is 10.2 Å². The lowest BCUT2D eigenvalue weighted by atomic mass is 10.2. The van der Waals surface area contributed by atoms with Crippen LogP contribution < -0.4 is 10.6 Å². The molecule has 1 amide bonds. The van der Waals surface area contributed by atoms with Gasteiger partial charge in [0.2, 0.25) is 0 Å². The van der Waals surface area contributed by atoms with Crippen LogP contribution >= 0.6 is 11.6 Å². The number of halogens is 1. The summed E-state index contributed by atoms with van der Waals surface area (Å²) in [5.74, 6) is 0.593. The number of carbonyl (C=O) groups excluding carboxylic acids is 1. The highest BCUT2D eigenvalue weighted by Gasteiger charge is 2.17. The standard InChI is InChI=1S/C17H17ClN6O/c1-23(17-13(16(19)25)9-14(18)21-22-17)11-15-20-7-8-24(15)10-12-5-3-2-4-6-12/h2-9H,10-11H2,1H3,(H2,19,25). The van der Waals surface area contributed by atoms with Gasteiger partial charge in [0.05, 0.1) is 12.1 Å². The van der Waals surface area contributed by atoms with Crippen LogP contribution in [0, 0.1) is 0 Å². The van der Waals surface area contributed by atoms with Crippen molar-refractivity contribution in [3.63, 3.8) is 0 Å². The Hall–Kier alpha value is -2.93. The predicted molar refractivity (Wildman–Crippen MR) is 95.4 cm³/mol. The zero-order valence-corrected chi connectivity index (χ0v) is 14.4. The van der Waals surface area contributed by atoms with Gasteiger partial charge in [-0.05, 0) is 11.6 Å². The molecular formula is C17H17ClN6O. The predicted octanol–water partition coefficient (Wildman–Crippen LogP) is 2.11. The molecule has 2 N–H and O–H groups in total. The maximum Gasteiger partial charge on any atom is 0.252 e. The molecule has 1 aromatic carbocycles. The molecule has 0 saturated heterocycles. The molecule has 0 bridgehead atoms. The molecule has 0 radical (unpaired) electrons. The molecule has 0 aliphatic carbocycles. The molecule has 0 unspecified atom stereocenters. The van der Waals surface area contributed by atoms with E-state index < -0.39 is 5.91 Å². The lowest BCUT2D eigenvalue weighted by molar-refractivity contribution is 0.1000. The highest BCUT2D eigenvalue weighted by Crippen LogP contribution is 2.19. The monoisotopic (exact) mass is 356 g/mol. The number of rotatable bonds is 6. The van der Waals surface area contributed by atoms with E-state index in [0.717, 1.165) is 5.82 Å². The first-order valence-electron chi connectivity index (χ1n) is 7.62. The molecule has 0 saturated carbocycles. The van der Waals surface area contributed by atoms with Gasteiger partial charge in [0.15, 0.2) is 11.0 Å². The van der Waals surface area contributed by atoms with E-state index in [-0.39, 0.29) is 10.7 Å². The van der Waals surface area contributed by atoms with Gasteiger partial charge in [-0.3, -0.25) is 4.79 Å². The van der Waals surface area contributed by atoms with Crippen molar-refractivity contribution < 1.29 is 4.79 Å². The molecule has 2 aromatic heterocycles. The van der Waals surface area contributed by atoms with Crippen LogP contribution in [0.3, 0.4) is 0 Å². The summed E-state index contributed by atoms with van der Waals surface area (Å²) in [6, 6.07) is 11.5. The first kappa shape index (κ1) is 16.9. The zero-order valence-electron chi connectivity index (χ0n) is 13.6. The number of amides is 1. The van der Waals surface area contributed by atoms with Crippen LogP contribution in [0.2, 0.25) is 5.15 Å². The topological polar surface area (TPSA) is 89.9 Å². The van der Waals surface area contributed by atoms with Crippen molar-refractivity contribution in [3.8, 4) is 0 Å². The normalized spacial score (nSPS) is 10.6. The van der Waals surface area contributed by atoms with Gasteiger partial charge in [-0.1, -0.05) is 41.9 Å². The van der Waals surface area contributed by atoms with E-state index in [9.17, 15) is 4.79 Å². The fourth-order valence-corrected chi connectivity index (χ4v) is 2.67. The van der Waals surface area contributed by atoms with Crippen LogP contribution in [-0.4, -0.2) is 32.7 Å². The Morgan fingerprint density at radius 3 is 2.76 bits per heavy atom. The number of primary amides is 1. The second kappa shape index (κ2) is 7.31. The van der Waals surface area contributed by atoms with Crippen LogP contribution in [-0.2, 0) is 13.1 Å². The van der Waals surface area contributed by atoms with Crippen LogP contribution in [0.25, 0.3) is 0 Å². The number of hydrogen-bond acceptors (Lipinski definition) is 5. The number of anilines is 1. The molecule has 7 nitrogen and oxygen atoms in total. The maximum atomic E-state index is 11.6. The number of benzene rings is 1. The number of aromatic nitrogens is 4. The van der Waals surface area contributed by atoms with Gasteiger partial charge in [0.25, 0.3) is 5.91 Å². The van der Waals surface area contributed by atoms with E-state index >= 15 is 0 Å². The number of imidazole rings is 1. The molecule has 25 heavy (non-hydrogen) atoms. The highest BCUT2D eigenvalue weighted by atomic mass is 35.5. The van der Waals surface area contributed by atoms with Crippen molar-refractivity contribution in [1.29, 1.82) is 0 Å². The average molecular weight is 357 g/mol. The number of nitrogens with zero attached hydrogens (tertiary/aromatic N) is 5. The number of carbonyl (C=O) groups is 1. The average Bonchev–Trinajstić information content (AvgIpc) is 3.02. The van der Waals surface area contributed by atoms with E-state index in [1.807, 2.05) is 29.0 Å². The number of nitrogens with two attached hydrogens (primary N) is 1. The minimum absolute atomic E-state index is 0.122. The summed E-state index contributed by atoms with van der Waals surface area (Å²) in [4.78, 5) is 17.8. The molecule has 0 atom stereocenters. The second-order valence-electron chi connectivity index (χ2n) is 5.58. The Balaban J connectivity index is 1.82. The lowest BCUT2D eigenvalue weighted by Gasteiger charge is -2.20. The third-order valence-electron chi connectivity index (χ3n) is 3.75. The van der Waals surface area contributed by atoms with Gasteiger partial charge in [0, 0.05) is 26.0 Å². The minimum atomic E-state index is -0.605. The summed E-state index contributed by atoms with van der Waals surface area (Å²) in [5, 5.41) is 7.92. The molecule has 8 heteroatoms. The van der Waals surface area contributed by atoms with E-state index in [0.29, 0.717) is 18.9 Å². The van der Waals surface area contributed by atoms with E-state index in [1.54, 1.807) is 18.1 Å². The van der Waals surface area contributed by atoms with E-state index in [4.69, 9.17) is 17.3 Å². The molecule has 0 spiro atoms. The maximum absolute atomic E-state index is 11.6. The quantitative estimate of drug-likeness (QED) is 0.730. The first-order valence-corrected chi connectivity index (χ1v) is 8.00. The summed E-state index contributed by atoms with van der Waals surface area (Å²) in [6.07, 6.45) is 3.66. The molecule has 128 valence electrons. The zero-order chi connectivity index (χ0) is 17.8. The smallest absolute Gasteiger partial charge is 0.252 e. The molecule has 0 aliphatic heterocycles. The largest absolute Gasteiger partial charge is 0.365 e. The van der Waals surface area contributed by atoms with Crippen molar-refractivity contribution in [1.82, 2.24) is 19.7 Å². The fraction of sp³-hybridized carbons (Fsp3) is 0.176. The first-order chi connectivity index (χ1) is 12.0. The van der Waals surface area contributed by atoms with Gasteiger partial charge in [-0.25, -0.2) is 4.98 Å². The Labute approximate surface area is 150 Å². The third kappa shape index (κ3) is 3.95. The van der Waals surface area contributed by atoms with Crippen molar-refractivity contribution in [3.05, 3.63) is 70.9 Å². The Kier molecular flexibility index (Phi) is 4.95. The summed E-state index contributed by atoms with van der Waals surface area (Å²) in [6.45, 7) is 1.15. The van der Waals surface area contributed by atoms with Gasteiger partial charge in [0.1, 0.15) is 5.82 Å². The summed E-state index contributed by atoms with van der Waals surface area (Å²) in [7, 11) is 1.80. The van der Waals surface area contributed by atoms with Crippen molar-refractivity contribution in [2.75, 3.05) is 11.9 Å². The molecule has 0 aliphatic rings.